The zero-order valence-corrected chi connectivity index (χ0v) is 15.6. The number of aryl methyl sites for hydroxylation is 1. The van der Waals surface area contributed by atoms with Crippen LogP contribution in [0.5, 0.6) is 0 Å². The molecule has 0 bridgehead atoms. The summed E-state index contributed by atoms with van der Waals surface area (Å²) >= 11 is 0. The highest BCUT2D eigenvalue weighted by atomic mass is 19.4. The Hall–Kier alpha value is -2.80. The van der Waals surface area contributed by atoms with Gasteiger partial charge in [-0.1, -0.05) is 5.16 Å². The molecule has 1 heterocycles. The van der Waals surface area contributed by atoms with Crippen LogP contribution >= 0.6 is 0 Å². The van der Waals surface area contributed by atoms with Crippen LogP contribution in [0.15, 0.2) is 22.7 Å². The molecule has 1 amide bonds. The molecule has 0 unspecified atom stereocenters. The van der Waals surface area contributed by atoms with Crippen LogP contribution < -0.4 is 5.32 Å². The van der Waals surface area contributed by atoms with Crippen molar-refractivity contribution >= 4 is 11.6 Å². The number of carbonyl (C=O) groups is 1. The zero-order valence-electron chi connectivity index (χ0n) is 15.6. The van der Waals surface area contributed by atoms with E-state index < -0.39 is 41.4 Å². The number of amides is 1. The molecule has 176 valence electrons. The molecule has 1 N–H and O–H groups in total. The molecule has 0 spiro atoms. The van der Waals surface area contributed by atoms with Gasteiger partial charge in [-0.15, -0.1) is 0 Å². The number of rotatable bonds is 4. The predicted molar refractivity (Wildman–Crippen MR) is 88.2 cm³/mol. The summed E-state index contributed by atoms with van der Waals surface area (Å²) in [5.41, 5.74) is -2.04. The fourth-order valence-electron chi connectivity index (χ4n) is 3.14. The SMILES string of the molecule is O=C(Nc1cc(-c2onc3c2CCCC3)cc(C(F)(F)F)c1)C(F)(F)C(F)(F)C(F)(F)F. The van der Waals surface area contributed by atoms with E-state index in [1.54, 1.807) is 0 Å². The van der Waals surface area contributed by atoms with E-state index in [0.29, 0.717) is 42.7 Å². The molecule has 0 fully saturated rings. The van der Waals surface area contributed by atoms with Gasteiger partial charge < -0.3 is 9.84 Å². The maximum atomic E-state index is 13.6. The Morgan fingerprint density at radius 1 is 0.906 bits per heavy atom. The van der Waals surface area contributed by atoms with Gasteiger partial charge in [0.25, 0.3) is 0 Å². The highest BCUT2D eigenvalue weighted by molar-refractivity contribution is 5.97. The molecular formula is C18H12F10N2O2. The van der Waals surface area contributed by atoms with Gasteiger partial charge in [0, 0.05) is 16.8 Å². The molecule has 32 heavy (non-hydrogen) atoms. The number of anilines is 1. The Kier molecular flexibility index (Phi) is 5.71. The molecule has 0 saturated heterocycles. The molecular weight excluding hydrogens is 466 g/mol. The quantitative estimate of drug-likeness (QED) is 0.548. The van der Waals surface area contributed by atoms with Crippen molar-refractivity contribution in [3.63, 3.8) is 0 Å². The van der Waals surface area contributed by atoms with Gasteiger partial charge >= 0.3 is 30.1 Å². The monoisotopic (exact) mass is 478 g/mol. The highest BCUT2D eigenvalue weighted by Crippen LogP contribution is 2.47. The van der Waals surface area contributed by atoms with Crippen molar-refractivity contribution < 1.29 is 53.2 Å². The van der Waals surface area contributed by atoms with Crippen LogP contribution in [0.2, 0.25) is 0 Å². The Morgan fingerprint density at radius 3 is 2.12 bits per heavy atom. The van der Waals surface area contributed by atoms with Crippen molar-refractivity contribution in [2.45, 2.75) is 49.9 Å². The summed E-state index contributed by atoms with van der Waals surface area (Å²) in [6.07, 6.45) is -9.62. The number of nitrogens with one attached hydrogen (secondary N) is 1. The van der Waals surface area contributed by atoms with Gasteiger partial charge in [-0.25, -0.2) is 0 Å². The van der Waals surface area contributed by atoms with E-state index in [9.17, 15) is 48.7 Å². The molecule has 1 aromatic carbocycles. The first-order valence-electron chi connectivity index (χ1n) is 8.89. The van der Waals surface area contributed by atoms with E-state index in [2.05, 4.69) is 5.16 Å². The van der Waals surface area contributed by atoms with Crippen molar-refractivity contribution in [2.24, 2.45) is 0 Å². The number of carbonyl (C=O) groups excluding carboxylic acids is 1. The van der Waals surface area contributed by atoms with Crippen LogP contribution in [0.4, 0.5) is 49.6 Å². The summed E-state index contributed by atoms with van der Waals surface area (Å²) in [5, 5.41) is 4.75. The van der Waals surface area contributed by atoms with E-state index in [1.807, 2.05) is 0 Å². The van der Waals surface area contributed by atoms with Crippen molar-refractivity contribution in [3.8, 4) is 11.3 Å². The molecule has 4 nitrogen and oxygen atoms in total. The third kappa shape index (κ3) is 4.13. The van der Waals surface area contributed by atoms with Crippen molar-refractivity contribution in [3.05, 3.63) is 35.0 Å². The van der Waals surface area contributed by atoms with Crippen molar-refractivity contribution in [2.75, 3.05) is 5.32 Å². The summed E-state index contributed by atoms with van der Waals surface area (Å²) in [6, 6.07) is 1.35. The van der Waals surface area contributed by atoms with E-state index in [1.165, 1.54) is 0 Å². The third-order valence-corrected chi connectivity index (χ3v) is 4.78. The van der Waals surface area contributed by atoms with Crippen LogP contribution in [-0.2, 0) is 23.8 Å². The summed E-state index contributed by atoms with van der Waals surface area (Å²) in [7, 11) is 0. The number of benzene rings is 1. The molecule has 0 saturated carbocycles. The topological polar surface area (TPSA) is 55.1 Å². The molecule has 0 aliphatic heterocycles. The average Bonchev–Trinajstić information content (AvgIpc) is 3.10. The first-order valence-corrected chi connectivity index (χ1v) is 8.89. The fourth-order valence-corrected chi connectivity index (χ4v) is 3.14. The lowest BCUT2D eigenvalue weighted by Gasteiger charge is -2.27. The maximum Gasteiger partial charge on any atom is 0.460 e. The second-order valence-electron chi connectivity index (χ2n) is 7.04. The standard InChI is InChI=1S/C18H12F10N2O2/c19-15(20,17(24,25)18(26,27)28)14(31)29-10-6-8(5-9(7-10)16(21,22)23)13-11-3-1-2-4-12(11)30-32-13/h5-7H,1-4H2,(H,29,31). The van der Waals surface area contributed by atoms with Crippen LogP contribution in [0, 0.1) is 0 Å². The second-order valence-corrected chi connectivity index (χ2v) is 7.04. The number of fused-ring (bicyclic) bond motifs is 1. The van der Waals surface area contributed by atoms with Gasteiger partial charge in [0.05, 0.1) is 11.3 Å². The number of nitrogens with zero attached hydrogens (tertiary/aromatic N) is 1. The Bertz CT molecular complexity index is 1020. The zero-order chi connectivity index (χ0) is 24.1. The molecule has 0 atom stereocenters. The lowest BCUT2D eigenvalue weighted by molar-refractivity contribution is -0.343. The minimum absolute atomic E-state index is 0.117. The molecule has 1 aliphatic rings. The number of hydrogen-bond donors (Lipinski definition) is 1. The Labute approximate surface area is 172 Å². The molecule has 1 aliphatic carbocycles. The van der Waals surface area contributed by atoms with E-state index >= 15 is 0 Å². The largest absolute Gasteiger partial charge is 0.460 e. The van der Waals surface area contributed by atoms with Crippen molar-refractivity contribution in [1.82, 2.24) is 5.16 Å². The molecule has 14 heteroatoms. The van der Waals surface area contributed by atoms with Crippen molar-refractivity contribution in [1.29, 1.82) is 0 Å². The maximum absolute atomic E-state index is 13.6. The van der Waals surface area contributed by atoms with Gasteiger partial charge in [-0.05, 0) is 43.9 Å². The smallest absolute Gasteiger partial charge is 0.356 e. The molecule has 3 rings (SSSR count). The molecule has 1 aromatic heterocycles. The van der Waals surface area contributed by atoms with Gasteiger partial charge in [0.1, 0.15) is 0 Å². The van der Waals surface area contributed by atoms with E-state index in [4.69, 9.17) is 4.52 Å². The fraction of sp³-hybridized carbons (Fsp3) is 0.444. The van der Waals surface area contributed by atoms with Gasteiger partial charge in [-0.3, -0.25) is 4.79 Å². The number of halogens is 10. The number of alkyl halides is 10. The molecule has 0 radical (unpaired) electrons. The highest BCUT2D eigenvalue weighted by Gasteiger charge is 2.76. The summed E-state index contributed by atoms with van der Waals surface area (Å²) in [6.45, 7) is 0. The van der Waals surface area contributed by atoms with Crippen LogP contribution in [0.3, 0.4) is 0 Å². The van der Waals surface area contributed by atoms with Gasteiger partial charge in [0.2, 0.25) is 0 Å². The minimum Gasteiger partial charge on any atom is -0.356 e. The summed E-state index contributed by atoms with van der Waals surface area (Å²) < 4.78 is 135. The van der Waals surface area contributed by atoms with Crippen LogP contribution in [0.1, 0.15) is 29.7 Å². The normalized spacial score (nSPS) is 15.4. The van der Waals surface area contributed by atoms with Gasteiger partial charge in [-0.2, -0.15) is 43.9 Å². The van der Waals surface area contributed by atoms with Crippen LogP contribution in [-0.4, -0.2) is 29.1 Å². The number of hydrogen-bond acceptors (Lipinski definition) is 3. The van der Waals surface area contributed by atoms with E-state index in [-0.39, 0.29) is 17.4 Å². The number of aromatic nitrogens is 1. The molecule has 2 aromatic rings. The average molecular weight is 478 g/mol. The second kappa shape index (κ2) is 7.66. The predicted octanol–water partition coefficient (Wildman–Crippen LogP) is 6.01. The first kappa shape index (κ1) is 23.9. The Balaban J connectivity index is 2.03. The van der Waals surface area contributed by atoms with Gasteiger partial charge in [0.15, 0.2) is 5.76 Å². The van der Waals surface area contributed by atoms with Crippen LogP contribution in [0.25, 0.3) is 11.3 Å². The lowest BCUT2D eigenvalue weighted by atomic mass is 9.93. The lowest BCUT2D eigenvalue weighted by Crippen LogP contribution is -2.57. The minimum atomic E-state index is -6.79. The first-order chi connectivity index (χ1) is 14.6. The summed E-state index contributed by atoms with van der Waals surface area (Å²) in [4.78, 5) is 11.6. The van der Waals surface area contributed by atoms with E-state index in [0.717, 1.165) is 11.7 Å². The third-order valence-electron chi connectivity index (χ3n) is 4.78. The summed E-state index contributed by atoms with van der Waals surface area (Å²) in [5.74, 6) is -16.4. The Morgan fingerprint density at radius 2 is 1.53 bits per heavy atom.